The van der Waals surface area contributed by atoms with Gasteiger partial charge in [0.1, 0.15) is 0 Å². The van der Waals surface area contributed by atoms with Gasteiger partial charge in [-0.3, -0.25) is 9.36 Å². The maximum Gasteiger partial charge on any atom is 0.217 e. The summed E-state index contributed by atoms with van der Waals surface area (Å²) in [5.74, 6) is -3.13. The zero-order valence-electron chi connectivity index (χ0n) is 11.5. The van der Waals surface area contributed by atoms with E-state index in [1.165, 1.54) is 0 Å². The standard InChI is InChI=1S/C7H14NO5P.H3N/c1-5(9)8-6(7(10)11)3-4-14(2,12)13;/h6H,3-4H2,1-2H3,(H,8,9)(H,10,11)(H,12,13);1H3/i1D3;. The van der Waals surface area contributed by atoms with Crippen molar-refractivity contribution in [2.75, 3.05) is 12.8 Å². The van der Waals surface area contributed by atoms with Crippen LogP contribution in [0.2, 0.25) is 0 Å². The number of nitrogens with one attached hydrogen (secondary N) is 1. The summed E-state index contributed by atoms with van der Waals surface area (Å²) < 4.78 is 31.1. The van der Waals surface area contributed by atoms with E-state index in [1.54, 1.807) is 5.32 Å². The molecule has 15 heavy (non-hydrogen) atoms. The van der Waals surface area contributed by atoms with E-state index in [2.05, 4.69) is 0 Å². The van der Waals surface area contributed by atoms with E-state index in [0.29, 0.717) is 0 Å². The lowest BCUT2D eigenvalue weighted by Crippen LogP contribution is -2.47. The summed E-state index contributed by atoms with van der Waals surface area (Å²) in [5, 5.41) is 12.3. The van der Waals surface area contributed by atoms with Crippen molar-refractivity contribution in [1.82, 2.24) is 11.5 Å². The largest absolute Gasteiger partial charge is 0.548 e. The summed E-state index contributed by atoms with van der Waals surface area (Å²) in [7, 11) is -3.43. The van der Waals surface area contributed by atoms with Crippen LogP contribution in [0.25, 0.3) is 0 Å². The second-order valence-electron chi connectivity index (χ2n) is 2.91. The molecule has 8 heteroatoms. The highest BCUT2D eigenvalue weighted by Crippen LogP contribution is 2.35. The molecule has 6 N–H and O–H groups in total. The highest BCUT2D eigenvalue weighted by atomic mass is 31.2. The molecule has 90 valence electrons. The quantitative estimate of drug-likeness (QED) is 0.525. The van der Waals surface area contributed by atoms with Crippen molar-refractivity contribution in [3.63, 3.8) is 0 Å². The monoisotopic (exact) mass is 243 g/mol. The second kappa shape index (κ2) is 6.55. The van der Waals surface area contributed by atoms with Gasteiger partial charge in [0.15, 0.2) is 7.37 Å². The second-order valence-corrected chi connectivity index (χ2v) is 5.46. The fourth-order valence-corrected chi connectivity index (χ4v) is 1.51. The van der Waals surface area contributed by atoms with Gasteiger partial charge >= 0.3 is 0 Å². The fourth-order valence-electron chi connectivity index (χ4n) is 0.776. The number of carbonyl (C=O) groups is 2. The van der Waals surface area contributed by atoms with Crippen molar-refractivity contribution in [3.8, 4) is 0 Å². The van der Waals surface area contributed by atoms with E-state index in [4.69, 9.17) is 9.01 Å². The molecule has 0 saturated heterocycles. The highest BCUT2D eigenvalue weighted by Gasteiger charge is 2.16. The van der Waals surface area contributed by atoms with E-state index >= 15 is 0 Å². The predicted molar refractivity (Wildman–Crippen MR) is 53.8 cm³/mol. The Labute approximate surface area is 92.1 Å². The van der Waals surface area contributed by atoms with Crippen LogP contribution in [0.1, 0.15) is 17.4 Å². The van der Waals surface area contributed by atoms with Crippen LogP contribution in [0.3, 0.4) is 0 Å². The van der Waals surface area contributed by atoms with Crippen LogP contribution in [0.4, 0.5) is 0 Å². The van der Waals surface area contributed by atoms with Crippen molar-refractivity contribution in [1.29, 1.82) is 0 Å². The molecule has 0 spiro atoms. The zero-order valence-corrected chi connectivity index (χ0v) is 9.41. The summed E-state index contributed by atoms with van der Waals surface area (Å²) in [6, 6.07) is -1.59. The van der Waals surface area contributed by atoms with Gasteiger partial charge in [0.2, 0.25) is 5.91 Å². The van der Waals surface area contributed by atoms with Crippen LogP contribution in [0.5, 0.6) is 0 Å². The molecule has 2 atom stereocenters. The van der Waals surface area contributed by atoms with Crippen LogP contribution in [-0.2, 0) is 14.2 Å². The molecule has 1 amide bonds. The topological polar surface area (TPSA) is 143 Å². The average Bonchev–Trinajstić information content (AvgIpc) is 2.07. The SMILES string of the molecule is [2H]C([2H])([2H])C(=O)NC(CCP(C)(=O)O)C(=O)[O-].[NH4+]. The smallest absolute Gasteiger partial charge is 0.217 e. The molecule has 0 fully saturated rings. The van der Waals surface area contributed by atoms with Gasteiger partial charge < -0.3 is 26.3 Å². The van der Waals surface area contributed by atoms with E-state index < -0.39 is 32.1 Å². The molecule has 0 aliphatic carbocycles. The molecule has 0 saturated carbocycles. The molecular formula is C7H17N2O5P. The van der Waals surface area contributed by atoms with Crippen molar-refractivity contribution in [2.45, 2.75) is 19.3 Å². The van der Waals surface area contributed by atoms with Crippen molar-refractivity contribution in [2.24, 2.45) is 0 Å². The van der Waals surface area contributed by atoms with Crippen LogP contribution in [0.15, 0.2) is 0 Å². The Kier molecular flexibility index (Phi) is 4.63. The summed E-state index contributed by atoms with van der Waals surface area (Å²) in [6.45, 7) is -1.94. The van der Waals surface area contributed by atoms with Crippen LogP contribution >= 0.6 is 7.37 Å². The summed E-state index contributed by atoms with van der Waals surface area (Å²) >= 11 is 0. The first kappa shape index (κ1) is 10.6. The third kappa shape index (κ3) is 9.40. The molecule has 0 aromatic rings. The molecule has 0 aliphatic rings. The van der Waals surface area contributed by atoms with E-state index in [9.17, 15) is 19.3 Å². The van der Waals surface area contributed by atoms with Crippen LogP contribution < -0.4 is 16.6 Å². The lowest BCUT2D eigenvalue weighted by atomic mass is 10.2. The molecule has 0 aromatic heterocycles. The predicted octanol–water partition coefficient (Wildman–Crippen LogP) is -1.09. The first-order chi connectivity index (χ1) is 7.43. The molecule has 0 radical (unpaired) electrons. The van der Waals surface area contributed by atoms with E-state index in [0.717, 1.165) is 6.66 Å². The molecule has 0 heterocycles. The third-order valence-corrected chi connectivity index (χ3v) is 2.51. The number of quaternary nitrogens is 1. The zero-order chi connectivity index (χ0) is 13.9. The molecule has 7 nitrogen and oxygen atoms in total. The molecule has 0 bridgehead atoms. The van der Waals surface area contributed by atoms with Gasteiger partial charge in [-0.25, -0.2) is 0 Å². The number of carboxylic acid groups (broad SMARTS) is 1. The lowest BCUT2D eigenvalue weighted by molar-refractivity contribution is -0.308. The van der Waals surface area contributed by atoms with Crippen molar-refractivity contribution in [3.05, 3.63) is 0 Å². The van der Waals surface area contributed by atoms with Gasteiger partial charge in [0.05, 0.1) is 12.0 Å². The minimum Gasteiger partial charge on any atom is -0.548 e. The normalized spacial score (nSPS) is 19.5. The summed E-state index contributed by atoms with van der Waals surface area (Å²) in [4.78, 5) is 30.6. The minimum atomic E-state index is -3.43. The van der Waals surface area contributed by atoms with Crippen molar-refractivity contribution >= 4 is 19.2 Å². The number of amides is 1. The lowest BCUT2D eigenvalue weighted by Gasteiger charge is -2.19. The number of carbonyl (C=O) groups excluding carboxylic acids is 2. The van der Waals surface area contributed by atoms with Gasteiger partial charge in [-0.2, -0.15) is 0 Å². The Hall–Kier alpha value is -0.910. The maximum absolute atomic E-state index is 11.0. The Morgan fingerprint density at radius 2 is 2.20 bits per heavy atom. The fraction of sp³-hybridized carbons (Fsp3) is 0.714. The molecule has 2 unspecified atom stereocenters. The number of carboxylic acids is 1. The Morgan fingerprint density at radius 3 is 2.53 bits per heavy atom. The van der Waals surface area contributed by atoms with Gasteiger partial charge in [0, 0.05) is 23.8 Å². The van der Waals surface area contributed by atoms with Crippen molar-refractivity contribution < 1.29 is 28.3 Å². The van der Waals surface area contributed by atoms with Crippen LogP contribution in [0, 0.1) is 0 Å². The Bertz CT molecular complexity index is 353. The van der Waals surface area contributed by atoms with Gasteiger partial charge in [-0.1, -0.05) is 0 Å². The highest BCUT2D eigenvalue weighted by molar-refractivity contribution is 7.57. The molecule has 0 aromatic carbocycles. The number of hydrogen-bond acceptors (Lipinski definition) is 4. The molecule has 0 aliphatic heterocycles. The van der Waals surface area contributed by atoms with Gasteiger partial charge in [-0.05, 0) is 6.42 Å². The summed E-state index contributed by atoms with van der Waals surface area (Å²) in [6.07, 6.45) is -0.721. The van der Waals surface area contributed by atoms with Crippen LogP contribution in [-0.4, -0.2) is 35.6 Å². The Balaban J connectivity index is 0. The molecule has 0 rings (SSSR count). The third-order valence-electron chi connectivity index (χ3n) is 1.42. The number of hydrogen-bond donors (Lipinski definition) is 3. The van der Waals surface area contributed by atoms with E-state index in [1.807, 2.05) is 0 Å². The molecular weight excluding hydrogens is 223 g/mol. The average molecular weight is 243 g/mol. The first-order valence-electron chi connectivity index (χ1n) is 5.24. The number of aliphatic carboxylic acids is 1. The minimum absolute atomic E-state index is 0. The first-order valence-corrected chi connectivity index (χ1v) is 6.04. The number of rotatable bonds is 5. The van der Waals surface area contributed by atoms with Gasteiger partial charge in [0.25, 0.3) is 0 Å². The van der Waals surface area contributed by atoms with Gasteiger partial charge in [-0.15, -0.1) is 0 Å². The summed E-state index contributed by atoms with van der Waals surface area (Å²) in [5.41, 5.74) is 0. The Morgan fingerprint density at radius 1 is 1.67 bits per heavy atom. The maximum atomic E-state index is 11.0. The van der Waals surface area contributed by atoms with E-state index in [-0.39, 0.29) is 18.7 Å².